The molecule has 0 radical (unpaired) electrons. The third-order valence-electron chi connectivity index (χ3n) is 5.86. The van der Waals surface area contributed by atoms with Crippen molar-refractivity contribution in [2.75, 3.05) is 0 Å². The van der Waals surface area contributed by atoms with Gasteiger partial charge in [0.25, 0.3) is 0 Å². The van der Waals surface area contributed by atoms with Crippen molar-refractivity contribution >= 4 is 17.1 Å². The number of nitrogens with zero attached hydrogens (tertiary/aromatic N) is 3. The molecule has 1 saturated carbocycles. The fourth-order valence-electron chi connectivity index (χ4n) is 4.35. The summed E-state index contributed by atoms with van der Waals surface area (Å²) in [5.41, 5.74) is 3.89. The standard InChI is InChI=1S/C25H24ClN3O/c26-24-23-22(28-25(29(23)15-14-27-24)19-10-5-2-6-11-19)20-12-7-13-21(16-20)30-17-18-8-3-1-4-9-18/h1,3-4,7-9,12-16,19H,2,5-6,10-11,17H2. The van der Waals surface area contributed by atoms with E-state index in [-0.39, 0.29) is 0 Å². The number of rotatable bonds is 5. The lowest BCUT2D eigenvalue weighted by Crippen LogP contribution is -2.08. The Hall–Kier alpha value is -2.85. The van der Waals surface area contributed by atoms with Gasteiger partial charge in [-0.05, 0) is 30.5 Å². The lowest BCUT2D eigenvalue weighted by atomic mass is 9.89. The van der Waals surface area contributed by atoms with Crippen LogP contribution in [0.3, 0.4) is 0 Å². The molecular formula is C25H24ClN3O. The molecular weight excluding hydrogens is 394 g/mol. The van der Waals surface area contributed by atoms with E-state index in [0.29, 0.717) is 17.7 Å². The zero-order valence-electron chi connectivity index (χ0n) is 16.8. The highest BCUT2D eigenvalue weighted by molar-refractivity contribution is 6.33. The SMILES string of the molecule is Clc1nccn2c(C3CCCCC3)nc(-c3cccc(OCc4ccccc4)c3)c12. The highest BCUT2D eigenvalue weighted by Crippen LogP contribution is 2.37. The van der Waals surface area contributed by atoms with Gasteiger partial charge < -0.3 is 4.74 Å². The van der Waals surface area contributed by atoms with Gasteiger partial charge in [0, 0.05) is 23.9 Å². The molecule has 2 aromatic heterocycles. The van der Waals surface area contributed by atoms with Crippen LogP contribution in [0.2, 0.25) is 5.15 Å². The van der Waals surface area contributed by atoms with Gasteiger partial charge in [0.1, 0.15) is 23.7 Å². The average molecular weight is 418 g/mol. The second-order valence-corrected chi connectivity index (χ2v) is 8.25. The lowest BCUT2D eigenvalue weighted by molar-refractivity contribution is 0.306. The Kier molecular flexibility index (Phi) is 5.41. The average Bonchev–Trinajstić information content (AvgIpc) is 3.20. The third-order valence-corrected chi connectivity index (χ3v) is 6.14. The van der Waals surface area contributed by atoms with E-state index in [0.717, 1.165) is 33.9 Å². The van der Waals surface area contributed by atoms with Gasteiger partial charge in [-0.2, -0.15) is 0 Å². The van der Waals surface area contributed by atoms with Crippen LogP contribution in [0, 0.1) is 0 Å². The molecule has 152 valence electrons. The summed E-state index contributed by atoms with van der Waals surface area (Å²) in [5.74, 6) is 2.38. The van der Waals surface area contributed by atoms with Gasteiger partial charge in [-0.1, -0.05) is 73.3 Å². The summed E-state index contributed by atoms with van der Waals surface area (Å²) in [6.07, 6.45) is 9.93. The minimum atomic E-state index is 0.468. The molecule has 2 heterocycles. The molecule has 5 heteroatoms. The Morgan fingerprint density at radius 1 is 1.00 bits per heavy atom. The fraction of sp³-hybridized carbons (Fsp3) is 0.280. The van der Waals surface area contributed by atoms with Crippen molar-refractivity contribution in [3.05, 3.63) is 83.5 Å². The van der Waals surface area contributed by atoms with E-state index in [1.807, 2.05) is 42.6 Å². The summed E-state index contributed by atoms with van der Waals surface area (Å²) in [4.78, 5) is 9.41. The number of hydrogen-bond donors (Lipinski definition) is 0. The molecule has 1 fully saturated rings. The maximum Gasteiger partial charge on any atom is 0.155 e. The van der Waals surface area contributed by atoms with E-state index >= 15 is 0 Å². The first-order valence-electron chi connectivity index (χ1n) is 10.6. The van der Waals surface area contributed by atoms with Crippen LogP contribution in [0.4, 0.5) is 0 Å². The smallest absolute Gasteiger partial charge is 0.155 e. The van der Waals surface area contributed by atoms with Crippen molar-refractivity contribution in [1.82, 2.24) is 14.4 Å². The van der Waals surface area contributed by atoms with E-state index in [1.165, 1.54) is 32.1 Å². The maximum absolute atomic E-state index is 6.54. The molecule has 0 amide bonds. The van der Waals surface area contributed by atoms with E-state index < -0.39 is 0 Å². The quantitative estimate of drug-likeness (QED) is 0.363. The monoisotopic (exact) mass is 417 g/mol. The normalized spacial score (nSPS) is 14.8. The molecule has 30 heavy (non-hydrogen) atoms. The molecule has 5 rings (SSSR count). The Balaban J connectivity index is 1.51. The summed E-state index contributed by atoms with van der Waals surface area (Å²) in [7, 11) is 0. The molecule has 4 nitrogen and oxygen atoms in total. The van der Waals surface area contributed by atoms with Crippen molar-refractivity contribution in [3.8, 4) is 17.0 Å². The maximum atomic E-state index is 6.54. The molecule has 0 aliphatic heterocycles. The summed E-state index contributed by atoms with van der Waals surface area (Å²) in [6, 6.07) is 18.3. The Labute approximate surface area is 181 Å². The Morgan fingerprint density at radius 2 is 1.83 bits per heavy atom. The van der Waals surface area contributed by atoms with Gasteiger partial charge in [-0.15, -0.1) is 0 Å². The van der Waals surface area contributed by atoms with Crippen LogP contribution in [0.1, 0.15) is 49.4 Å². The summed E-state index contributed by atoms with van der Waals surface area (Å²) >= 11 is 6.54. The van der Waals surface area contributed by atoms with Crippen molar-refractivity contribution in [2.45, 2.75) is 44.6 Å². The summed E-state index contributed by atoms with van der Waals surface area (Å²) < 4.78 is 8.17. The number of hydrogen-bond acceptors (Lipinski definition) is 3. The first-order chi connectivity index (χ1) is 14.8. The number of fused-ring (bicyclic) bond motifs is 1. The molecule has 0 unspecified atom stereocenters. The van der Waals surface area contributed by atoms with Crippen LogP contribution in [-0.2, 0) is 6.61 Å². The number of halogens is 1. The molecule has 0 N–H and O–H groups in total. The Bertz CT molecular complexity index is 1150. The predicted octanol–water partition coefficient (Wildman–Crippen LogP) is 6.68. The topological polar surface area (TPSA) is 39.4 Å². The summed E-state index contributed by atoms with van der Waals surface area (Å²) in [5, 5.41) is 0.484. The second-order valence-electron chi connectivity index (χ2n) is 7.89. The van der Waals surface area contributed by atoms with Crippen LogP contribution < -0.4 is 4.74 Å². The highest BCUT2D eigenvalue weighted by Gasteiger charge is 2.24. The van der Waals surface area contributed by atoms with Crippen molar-refractivity contribution in [2.24, 2.45) is 0 Å². The van der Waals surface area contributed by atoms with Gasteiger partial charge >= 0.3 is 0 Å². The van der Waals surface area contributed by atoms with E-state index in [9.17, 15) is 0 Å². The Morgan fingerprint density at radius 3 is 2.67 bits per heavy atom. The van der Waals surface area contributed by atoms with Crippen molar-refractivity contribution in [1.29, 1.82) is 0 Å². The van der Waals surface area contributed by atoms with Gasteiger partial charge in [-0.25, -0.2) is 9.97 Å². The van der Waals surface area contributed by atoms with Gasteiger partial charge in [0.15, 0.2) is 5.15 Å². The van der Waals surface area contributed by atoms with Gasteiger partial charge in [0.2, 0.25) is 0 Å². The third kappa shape index (κ3) is 3.80. The largest absolute Gasteiger partial charge is 0.489 e. The molecule has 0 spiro atoms. The van der Waals surface area contributed by atoms with Crippen LogP contribution in [-0.4, -0.2) is 14.4 Å². The van der Waals surface area contributed by atoms with Gasteiger partial charge in [-0.3, -0.25) is 4.40 Å². The first-order valence-corrected chi connectivity index (χ1v) is 11.0. The molecule has 2 aromatic carbocycles. The highest BCUT2D eigenvalue weighted by atomic mass is 35.5. The number of benzene rings is 2. The number of aromatic nitrogens is 3. The van der Waals surface area contributed by atoms with Crippen LogP contribution in [0.25, 0.3) is 16.8 Å². The minimum absolute atomic E-state index is 0.468. The molecule has 1 aliphatic rings. The van der Waals surface area contributed by atoms with E-state index in [1.54, 1.807) is 6.20 Å². The molecule has 0 saturated heterocycles. The van der Waals surface area contributed by atoms with Crippen LogP contribution in [0.15, 0.2) is 67.0 Å². The van der Waals surface area contributed by atoms with Crippen LogP contribution in [0.5, 0.6) is 5.75 Å². The summed E-state index contributed by atoms with van der Waals surface area (Å²) in [6.45, 7) is 0.532. The minimum Gasteiger partial charge on any atom is -0.489 e. The molecule has 1 aliphatic carbocycles. The molecule has 4 aromatic rings. The zero-order chi connectivity index (χ0) is 20.3. The predicted molar refractivity (Wildman–Crippen MR) is 120 cm³/mol. The van der Waals surface area contributed by atoms with E-state index in [2.05, 4.69) is 27.6 Å². The number of ether oxygens (including phenoxy) is 1. The van der Waals surface area contributed by atoms with Crippen LogP contribution >= 0.6 is 11.6 Å². The number of imidazole rings is 1. The zero-order valence-corrected chi connectivity index (χ0v) is 17.6. The molecule has 0 bridgehead atoms. The van der Waals surface area contributed by atoms with Crippen molar-refractivity contribution < 1.29 is 4.74 Å². The molecule has 0 atom stereocenters. The fourth-order valence-corrected chi connectivity index (χ4v) is 4.59. The van der Waals surface area contributed by atoms with E-state index in [4.69, 9.17) is 21.3 Å². The lowest BCUT2D eigenvalue weighted by Gasteiger charge is -2.20. The van der Waals surface area contributed by atoms with Crippen molar-refractivity contribution in [3.63, 3.8) is 0 Å². The first kappa shape index (κ1) is 19.1. The second kappa shape index (κ2) is 8.49. The van der Waals surface area contributed by atoms with Gasteiger partial charge in [0.05, 0.1) is 5.69 Å².